The van der Waals surface area contributed by atoms with Crippen LogP contribution in [0.5, 0.6) is 0 Å². The number of hydrogen-bond donors (Lipinski definition) is 2. The van der Waals surface area contributed by atoms with Crippen LogP contribution in [0.2, 0.25) is 10.0 Å². The molecule has 1 amide bonds. The van der Waals surface area contributed by atoms with Crippen molar-refractivity contribution in [1.29, 1.82) is 0 Å². The molecule has 1 saturated heterocycles. The van der Waals surface area contributed by atoms with Crippen molar-refractivity contribution < 1.29 is 9.90 Å². The number of carbonyl (C=O) groups is 1. The zero-order valence-corrected chi connectivity index (χ0v) is 16.0. The molecule has 1 aliphatic rings. The first-order valence-corrected chi connectivity index (χ1v) is 9.35. The SMILES string of the molecule is CC(O)C1CCN(c2ncc(Cl)cc2NC(=O)c2cccc(Cl)c2)CC1. The topological polar surface area (TPSA) is 65.5 Å². The number of benzene rings is 1. The lowest BCUT2D eigenvalue weighted by atomic mass is 9.92. The second-order valence-corrected chi connectivity index (χ2v) is 7.43. The predicted octanol–water partition coefficient (Wildman–Crippen LogP) is 4.24. The number of amides is 1. The van der Waals surface area contributed by atoms with Crippen molar-refractivity contribution in [3.63, 3.8) is 0 Å². The first-order valence-electron chi connectivity index (χ1n) is 8.59. The molecule has 7 heteroatoms. The van der Waals surface area contributed by atoms with Crippen LogP contribution in [0.1, 0.15) is 30.1 Å². The molecule has 26 heavy (non-hydrogen) atoms. The maximum Gasteiger partial charge on any atom is 0.255 e. The molecule has 138 valence electrons. The van der Waals surface area contributed by atoms with Gasteiger partial charge in [0, 0.05) is 29.9 Å². The number of aliphatic hydroxyl groups is 1. The molecule has 0 radical (unpaired) electrons. The Hall–Kier alpha value is -1.82. The standard InChI is InChI=1S/C19H21Cl2N3O2/c1-12(25)13-5-7-24(8-6-13)18-17(10-16(21)11-22-18)23-19(26)14-3-2-4-15(20)9-14/h2-4,9-13,25H,5-8H2,1H3,(H,23,26). The second-order valence-electron chi connectivity index (χ2n) is 6.55. The Kier molecular flexibility index (Phi) is 6.01. The van der Waals surface area contributed by atoms with E-state index in [2.05, 4.69) is 15.2 Å². The number of nitrogens with zero attached hydrogens (tertiary/aromatic N) is 2. The van der Waals surface area contributed by atoms with Crippen LogP contribution in [-0.2, 0) is 0 Å². The molecule has 2 aromatic rings. The molecule has 1 aromatic carbocycles. The summed E-state index contributed by atoms with van der Waals surface area (Å²) in [4.78, 5) is 19.1. The smallest absolute Gasteiger partial charge is 0.255 e. The van der Waals surface area contributed by atoms with Crippen LogP contribution in [0.4, 0.5) is 11.5 Å². The van der Waals surface area contributed by atoms with Crippen molar-refractivity contribution in [3.05, 3.63) is 52.1 Å². The van der Waals surface area contributed by atoms with E-state index >= 15 is 0 Å². The number of halogens is 2. The molecular weight excluding hydrogens is 373 g/mol. The minimum absolute atomic E-state index is 0.267. The number of pyridine rings is 1. The molecule has 1 fully saturated rings. The first-order chi connectivity index (χ1) is 12.4. The van der Waals surface area contributed by atoms with Gasteiger partial charge in [0.2, 0.25) is 0 Å². The number of hydrogen-bond acceptors (Lipinski definition) is 4. The fourth-order valence-corrected chi connectivity index (χ4v) is 3.54. The average Bonchev–Trinajstić information content (AvgIpc) is 2.62. The molecule has 2 N–H and O–H groups in total. The highest BCUT2D eigenvalue weighted by Gasteiger charge is 2.25. The quantitative estimate of drug-likeness (QED) is 0.814. The summed E-state index contributed by atoms with van der Waals surface area (Å²) in [7, 11) is 0. The van der Waals surface area contributed by atoms with Gasteiger partial charge < -0.3 is 15.3 Å². The second kappa shape index (κ2) is 8.25. The van der Waals surface area contributed by atoms with E-state index in [0.717, 1.165) is 25.9 Å². The van der Waals surface area contributed by atoms with Crippen molar-refractivity contribution in [1.82, 2.24) is 4.98 Å². The number of carbonyl (C=O) groups excluding carboxylic acids is 1. The maximum atomic E-state index is 12.6. The average molecular weight is 394 g/mol. The van der Waals surface area contributed by atoms with Crippen molar-refractivity contribution >= 4 is 40.6 Å². The van der Waals surface area contributed by atoms with Crippen LogP contribution >= 0.6 is 23.2 Å². The fraction of sp³-hybridized carbons (Fsp3) is 0.368. The van der Waals surface area contributed by atoms with E-state index in [0.29, 0.717) is 33.0 Å². The number of nitrogens with one attached hydrogen (secondary N) is 1. The minimum atomic E-state index is -0.308. The van der Waals surface area contributed by atoms with Crippen molar-refractivity contribution in [2.24, 2.45) is 5.92 Å². The third kappa shape index (κ3) is 4.47. The van der Waals surface area contributed by atoms with E-state index in [-0.39, 0.29) is 12.0 Å². The predicted molar refractivity (Wildman–Crippen MR) is 105 cm³/mol. The molecule has 1 atom stereocenters. The molecule has 1 aliphatic heterocycles. The monoisotopic (exact) mass is 393 g/mol. The van der Waals surface area contributed by atoms with E-state index in [1.165, 1.54) is 0 Å². The van der Waals surface area contributed by atoms with Gasteiger partial charge in [-0.2, -0.15) is 0 Å². The molecule has 5 nitrogen and oxygen atoms in total. The number of anilines is 2. The molecule has 1 unspecified atom stereocenters. The largest absolute Gasteiger partial charge is 0.393 e. The van der Waals surface area contributed by atoms with E-state index in [4.69, 9.17) is 23.2 Å². The zero-order chi connectivity index (χ0) is 18.7. The van der Waals surface area contributed by atoms with Gasteiger partial charge in [-0.3, -0.25) is 4.79 Å². The normalized spacial score (nSPS) is 16.4. The number of piperidine rings is 1. The number of rotatable bonds is 4. The van der Waals surface area contributed by atoms with Gasteiger partial charge in [-0.15, -0.1) is 0 Å². The van der Waals surface area contributed by atoms with E-state index in [1.54, 1.807) is 36.5 Å². The lowest BCUT2D eigenvalue weighted by Gasteiger charge is -2.34. The summed E-state index contributed by atoms with van der Waals surface area (Å²) in [5, 5.41) is 13.6. The summed E-state index contributed by atoms with van der Waals surface area (Å²) in [5.41, 5.74) is 1.04. The highest BCUT2D eigenvalue weighted by atomic mass is 35.5. The Morgan fingerprint density at radius 1 is 1.27 bits per heavy atom. The fourth-order valence-electron chi connectivity index (χ4n) is 3.19. The Labute approximate surface area is 162 Å². The molecular formula is C19H21Cl2N3O2. The Balaban J connectivity index is 1.79. The lowest BCUT2D eigenvalue weighted by molar-refractivity contribution is 0.102. The number of aromatic nitrogens is 1. The van der Waals surface area contributed by atoms with Crippen molar-refractivity contribution in [2.45, 2.75) is 25.9 Å². The van der Waals surface area contributed by atoms with Crippen LogP contribution in [-0.4, -0.2) is 35.2 Å². The summed E-state index contributed by atoms with van der Waals surface area (Å²) >= 11 is 12.1. The molecule has 0 spiro atoms. The summed E-state index contributed by atoms with van der Waals surface area (Å²) < 4.78 is 0. The molecule has 3 rings (SSSR count). The van der Waals surface area contributed by atoms with Gasteiger partial charge in [0.05, 0.1) is 16.8 Å². The van der Waals surface area contributed by atoms with E-state index in [1.807, 2.05) is 6.92 Å². The minimum Gasteiger partial charge on any atom is -0.393 e. The summed E-state index contributed by atoms with van der Waals surface area (Å²) in [6, 6.07) is 8.47. The third-order valence-electron chi connectivity index (χ3n) is 4.69. The zero-order valence-electron chi connectivity index (χ0n) is 14.5. The maximum absolute atomic E-state index is 12.6. The van der Waals surface area contributed by atoms with Crippen molar-refractivity contribution in [2.75, 3.05) is 23.3 Å². The Morgan fingerprint density at radius 2 is 2.00 bits per heavy atom. The lowest BCUT2D eigenvalue weighted by Crippen LogP contribution is -2.38. The summed E-state index contributed by atoms with van der Waals surface area (Å²) in [6.45, 7) is 3.37. The van der Waals surface area contributed by atoms with Crippen LogP contribution in [0.3, 0.4) is 0 Å². The molecule has 0 aliphatic carbocycles. The summed E-state index contributed by atoms with van der Waals surface area (Å²) in [6.07, 6.45) is 3.03. The van der Waals surface area contributed by atoms with Gasteiger partial charge in [0.15, 0.2) is 5.82 Å². The first kappa shape index (κ1) is 19.0. The van der Waals surface area contributed by atoms with Gasteiger partial charge in [0.25, 0.3) is 5.91 Å². The van der Waals surface area contributed by atoms with Crippen LogP contribution < -0.4 is 10.2 Å². The van der Waals surface area contributed by atoms with E-state index in [9.17, 15) is 9.90 Å². The van der Waals surface area contributed by atoms with Gasteiger partial charge >= 0.3 is 0 Å². The third-order valence-corrected chi connectivity index (χ3v) is 5.13. The summed E-state index contributed by atoms with van der Waals surface area (Å²) in [5.74, 6) is 0.716. The molecule has 0 saturated carbocycles. The molecule has 0 bridgehead atoms. The van der Waals surface area contributed by atoms with Crippen LogP contribution in [0.25, 0.3) is 0 Å². The van der Waals surface area contributed by atoms with Gasteiger partial charge in [-0.05, 0) is 49.9 Å². The molecule has 2 heterocycles. The van der Waals surface area contributed by atoms with Crippen LogP contribution in [0.15, 0.2) is 36.5 Å². The highest BCUT2D eigenvalue weighted by molar-refractivity contribution is 6.31. The van der Waals surface area contributed by atoms with Crippen molar-refractivity contribution in [3.8, 4) is 0 Å². The molecule has 1 aromatic heterocycles. The Morgan fingerprint density at radius 3 is 2.65 bits per heavy atom. The van der Waals surface area contributed by atoms with Gasteiger partial charge in [-0.25, -0.2) is 4.98 Å². The Bertz CT molecular complexity index is 790. The van der Waals surface area contributed by atoms with Crippen LogP contribution in [0, 0.1) is 5.92 Å². The van der Waals surface area contributed by atoms with Gasteiger partial charge in [0.1, 0.15) is 0 Å². The highest BCUT2D eigenvalue weighted by Crippen LogP contribution is 2.31. The van der Waals surface area contributed by atoms with E-state index < -0.39 is 0 Å². The number of aliphatic hydroxyl groups excluding tert-OH is 1. The van der Waals surface area contributed by atoms with Gasteiger partial charge in [-0.1, -0.05) is 29.3 Å².